The molecule has 4 aliphatic rings. The fraction of sp³-hybridized carbons (Fsp3) is 0.583. The Hall–Kier alpha value is -1.70. The van der Waals surface area contributed by atoms with Gasteiger partial charge in [0, 0.05) is 27.1 Å². The molecular formula is C24H30N2O3S2. The fourth-order valence-electron chi connectivity index (χ4n) is 5.82. The molecule has 5 nitrogen and oxygen atoms in total. The summed E-state index contributed by atoms with van der Waals surface area (Å²) in [6.07, 6.45) is 7.37. The highest BCUT2D eigenvalue weighted by molar-refractivity contribution is 7.18. The molecule has 2 unspecified atom stereocenters. The number of aliphatic hydroxyl groups excluding tert-OH is 1. The van der Waals surface area contributed by atoms with Crippen molar-refractivity contribution in [1.29, 1.82) is 0 Å². The number of thiophene rings is 1. The number of nitrogens with one attached hydrogen (secondary N) is 1. The monoisotopic (exact) mass is 458 g/mol. The average molecular weight is 459 g/mol. The topological polar surface area (TPSA) is 82.5 Å². The molecular weight excluding hydrogens is 428 g/mol. The Balaban J connectivity index is 1.54. The molecule has 1 fully saturated rings. The van der Waals surface area contributed by atoms with Crippen LogP contribution in [0.15, 0.2) is 16.5 Å². The average Bonchev–Trinajstić information content (AvgIpc) is 3.35. The van der Waals surface area contributed by atoms with E-state index in [1.54, 1.807) is 22.7 Å². The number of carbonyl (C=O) groups is 1. The normalized spacial score (nSPS) is 26.1. The van der Waals surface area contributed by atoms with Gasteiger partial charge in [-0.3, -0.25) is 0 Å². The van der Waals surface area contributed by atoms with Crippen molar-refractivity contribution in [3.05, 3.63) is 32.7 Å². The first-order valence-corrected chi connectivity index (χ1v) is 13.1. The number of carboxylic acids is 1. The lowest BCUT2D eigenvalue weighted by Gasteiger charge is -2.40. The lowest BCUT2D eigenvalue weighted by atomic mass is 9.66. The summed E-state index contributed by atoms with van der Waals surface area (Å²) in [4.78, 5) is 18.2. The van der Waals surface area contributed by atoms with E-state index < -0.39 is 12.2 Å². The largest absolute Gasteiger partial charge is 0.478 e. The van der Waals surface area contributed by atoms with E-state index in [9.17, 15) is 15.0 Å². The van der Waals surface area contributed by atoms with E-state index in [2.05, 4.69) is 17.6 Å². The van der Waals surface area contributed by atoms with Crippen molar-refractivity contribution in [2.24, 2.45) is 17.8 Å². The number of nitrogens with zero attached hydrogens (tertiary/aromatic N) is 1. The number of aliphatic hydroxyl groups is 1. The highest BCUT2D eigenvalue weighted by Crippen LogP contribution is 2.49. The predicted octanol–water partition coefficient (Wildman–Crippen LogP) is 5.63. The lowest BCUT2D eigenvalue weighted by molar-refractivity contribution is -0.134. The van der Waals surface area contributed by atoms with Crippen molar-refractivity contribution >= 4 is 33.6 Å². The number of hydrogen-bond acceptors (Lipinski definition) is 6. The number of rotatable bonds is 6. The number of aromatic nitrogens is 1. The first-order chi connectivity index (χ1) is 15.0. The highest BCUT2D eigenvalue weighted by atomic mass is 32.1. The number of thiazole rings is 1. The van der Waals surface area contributed by atoms with Crippen LogP contribution in [-0.2, 0) is 17.6 Å². The standard InChI is InChI=1S/C24H30N2O3S2/c1-3-13-4-9-16-17(10-13)31-23(20(16)22-25-12(2)11-30-22)26-21(27)18-14-5-7-15(8-6-14)19(18)24(28)29/h11,13-15,21,26-27H,3-10H2,1-2H3,(H,28,29). The van der Waals surface area contributed by atoms with E-state index >= 15 is 0 Å². The van der Waals surface area contributed by atoms with Crippen LogP contribution < -0.4 is 5.32 Å². The summed E-state index contributed by atoms with van der Waals surface area (Å²) in [7, 11) is 0. The summed E-state index contributed by atoms with van der Waals surface area (Å²) in [5.74, 6) is 0.0996. The second kappa shape index (κ2) is 8.34. The van der Waals surface area contributed by atoms with E-state index in [4.69, 9.17) is 4.98 Å². The molecule has 1 saturated carbocycles. The molecule has 2 bridgehead atoms. The minimum atomic E-state index is -0.957. The van der Waals surface area contributed by atoms with Crippen LogP contribution in [0.5, 0.6) is 0 Å². The third-order valence-electron chi connectivity index (χ3n) is 7.46. The van der Waals surface area contributed by atoms with Gasteiger partial charge < -0.3 is 15.5 Å². The van der Waals surface area contributed by atoms with Crippen molar-refractivity contribution in [1.82, 2.24) is 4.98 Å². The molecule has 166 valence electrons. The zero-order valence-corrected chi connectivity index (χ0v) is 19.7. The predicted molar refractivity (Wildman–Crippen MR) is 126 cm³/mol. The molecule has 0 saturated heterocycles. The van der Waals surface area contributed by atoms with Gasteiger partial charge in [0.05, 0.1) is 0 Å². The summed E-state index contributed by atoms with van der Waals surface area (Å²) in [6, 6.07) is 0. The smallest absolute Gasteiger partial charge is 0.331 e. The van der Waals surface area contributed by atoms with Gasteiger partial charge in [-0.1, -0.05) is 13.3 Å². The van der Waals surface area contributed by atoms with E-state index in [0.29, 0.717) is 17.1 Å². The third kappa shape index (κ3) is 3.74. The minimum Gasteiger partial charge on any atom is -0.478 e. The van der Waals surface area contributed by atoms with E-state index in [1.807, 2.05) is 6.92 Å². The zero-order chi connectivity index (χ0) is 21.7. The Morgan fingerprint density at radius 3 is 2.65 bits per heavy atom. The molecule has 0 amide bonds. The maximum Gasteiger partial charge on any atom is 0.331 e. The van der Waals surface area contributed by atoms with Crippen LogP contribution in [-0.4, -0.2) is 27.4 Å². The van der Waals surface area contributed by atoms with Crippen LogP contribution in [0.3, 0.4) is 0 Å². The Morgan fingerprint density at radius 2 is 2.00 bits per heavy atom. The van der Waals surface area contributed by atoms with Crippen molar-refractivity contribution in [3.8, 4) is 10.6 Å². The molecule has 31 heavy (non-hydrogen) atoms. The van der Waals surface area contributed by atoms with Crippen molar-refractivity contribution in [2.45, 2.75) is 71.4 Å². The second-order valence-electron chi connectivity index (χ2n) is 9.29. The first-order valence-electron chi connectivity index (χ1n) is 11.4. The maximum absolute atomic E-state index is 12.0. The van der Waals surface area contributed by atoms with E-state index in [1.165, 1.54) is 23.3 Å². The first kappa shape index (κ1) is 21.2. The van der Waals surface area contributed by atoms with Gasteiger partial charge in [0.25, 0.3) is 0 Å². The van der Waals surface area contributed by atoms with Gasteiger partial charge in [0.1, 0.15) is 16.2 Å². The SMILES string of the molecule is CCC1CCc2c(sc(NC(O)C3=C(C(=O)O)C4CCC3CC4)c2-c2nc(C)cs2)C1. The van der Waals surface area contributed by atoms with Gasteiger partial charge in [0.15, 0.2) is 0 Å². The second-order valence-corrected chi connectivity index (χ2v) is 11.3. The molecule has 2 aromatic rings. The van der Waals surface area contributed by atoms with Crippen LogP contribution in [0.2, 0.25) is 0 Å². The molecule has 2 heterocycles. The van der Waals surface area contributed by atoms with Crippen LogP contribution in [0.25, 0.3) is 10.6 Å². The van der Waals surface area contributed by atoms with Gasteiger partial charge in [0.2, 0.25) is 0 Å². The third-order valence-corrected chi connectivity index (χ3v) is 9.62. The minimum absolute atomic E-state index is 0.0805. The number of aryl methyl sites for hydroxylation is 1. The van der Waals surface area contributed by atoms with E-state index in [0.717, 1.165) is 59.8 Å². The van der Waals surface area contributed by atoms with Crippen LogP contribution in [0.4, 0.5) is 5.00 Å². The zero-order valence-electron chi connectivity index (χ0n) is 18.1. The molecule has 0 radical (unpaired) electrons. The van der Waals surface area contributed by atoms with Gasteiger partial charge in [-0.15, -0.1) is 22.7 Å². The van der Waals surface area contributed by atoms with Gasteiger partial charge in [-0.25, -0.2) is 9.78 Å². The summed E-state index contributed by atoms with van der Waals surface area (Å²) >= 11 is 3.38. The van der Waals surface area contributed by atoms with Crippen molar-refractivity contribution in [3.63, 3.8) is 0 Å². The number of hydrogen-bond donors (Lipinski definition) is 3. The summed E-state index contributed by atoms with van der Waals surface area (Å²) in [5.41, 5.74) is 4.69. The number of fused-ring (bicyclic) bond motifs is 3. The van der Waals surface area contributed by atoms with Crippen LogP contribution in [0.1, 0.15) is 61.6 Å². The Morgan fingerprint density at radius 1 is 1.26 bits per heavy atom. The van der Waals surface area contributed by atoms with Crippen LogP contribution in [0, 0.1) is 24.7 Å². The fourth-order valence-corrected chi connectivity index (χ4v) is 8.14. The maximum atomic E-state index is 12.0. The molecule has 0 aliphatic heterocycles. The Bertz CT molecular complexity index is 1030. The van der Waals surface area contributed by atoms with Crippen molar-refractivity contribution < 1.29 is 15.0 Å². The molecule has 2 atom stereocenters. The number of carboxylic acid groups (broad SMARTS) is 1. The van der Waals surface area contributed by atoms with E-state index in [-0.39, 0.29) is 11.8 Å². The Labute approximate surface area is 191 Å². The quantitative estimate of drug-likeness (QED) is 0.489. The molecule has 3 N–H and O–H groups in total. The molecule has 6 rings (SSSR count). The van der Waals surface area contributed by atoms with Gasteiger partial charge >= 0.3 is 5.97 Å². The number of anilines is 1. The molecule has 2 aromatic heterocycles. The molecule has 0 aromatic carbocycles. The van der Waals surface area contributed by atoms with Crippen LogP contribution >= 0.6 is 22.7 Å². The summed E-state index contributed by atoms with van der Waals surface area (Å²) in [6.45, 7) is 4.27. The van der Waals surface area contributed by atoms with Gasteiger partial charge in [-0.05, 0) is 80.8 Å². The molecule has 0 spiro atoms. The lowest BCUT2D eigenvalue weighted by Crippen LogP contribution is -2.37. The molecule has 4 aliphatic carbocycles. The Kier molecular flexibility index (Phi) is 5.69. The molecule has 7 heteroatoms. The summed E-state index contributed by atoms with van der Waals surface area (Å²) < 4.78 is 0. The van der Waals surface area contributed by atoms with Crippen molar-refractivity contribution in [2.75, 3.05) is 5.32 Å². The number of aliphatic carboxylic acids is 1. The van der Waals surface area contributed by atoms with Gasteiger partial charge in [-0.2, -0.15) is 0 Å². The summed E-state index contributed by atoms with van der Waals surface area (Å²) in [5, 5.41) is 28.5. The highest BCUT2D eigenvalue weighted by Gasteiger charge is 2.41.